The number of aromatic nitrogens is 2. The number of anilines is 1. The summed E-state index contributed by atoms with van der Waals surface area (Å²) in [7, 11) is -5.52. The van der Waals surface area contributed by atoms with Crippen molar-refractivity contribution in [1.29, 1.82) is 0 Å². The van der Waals surface area contributed by atoms with E-state index in [1.54, 1.807) is 27.9 Å². The Hall–Kier alpha value is -3.73. The molecule has 1 saturated carbocycles. The normalized spacial score (nSPS) is 22.7. The van der Waals surface area contributed by atoms with Crippen LogP contribution >= 0.6 is 0 Å². The van der Waals surface area contributed by atoms with Crippen LogP contribution in [0.15, 0.2) is 53.6 Å². The van der Waals surface area contributed by atoms with Gasteiger partial charge in [0, 0.05) is 50.9 Å². The second kappa shape index (κ2) is 16.5. The molecule has 2 aromatic carbocycles. The number of ether oxygens (including phenoxy) is 3. The summed E-state index contributed by atoms with van der Waals surface area (Å²) in [5.74, 6) is 0. The number of hydrogen-bond donors (Lipinski definition) is 0. The van der Waals surface area contributed by atoms with Gasteiger partial charge in [0.15, 0.2) is 0 Å². The number of benzene rings is 2. The highest BCUT2D eigenvalue weighted by atomic mass is 32.2. The third kappa shape index (κ3) is 9.77. The molecule has 1 aliphatic carbocycles. The fraction of sp³-hybridized carbons (Fsp3) is 0.634. The van der Waals surface area contributed by atoms with E-state index >= 15 is 0 Å². The molecule has 1 aromatic heterocycles. The van der Waals surface area contributed by atoms with Crippen LogP contribution in [-0.2, 0) is 30.8 Å². The summed E-state index contributed by atoms with van der Waals surface area (Å²) in [5.41, 5.74) is 0.817. The van der Waals surface area contributed by atoms with E-state index < -0.39 is 60.2 Å². The summed E-state index contributed by atoms with van der Waals surface area (Å²) in [4.78, 5) is 32.0. The van der Waals surface area contributed by atoms with Crippen LogP contribution in [-0.4, -0.2) is 121 Å². The van der Waals surface area contributed by atoms with Crippen LogP contribution in [0.2, 0.25) is 25.7 Å². The summed E-state index contributed by atoms with van der Waals surface area (Å²) < 4.78 is 65.0. The largest absolute Gasteiger partial charge is 0.445 e. The van der Waals surface area contributed by atoms with Gasteiger partial charge in [0.2, 0.25) is 10.0 Å². The highest BCUT2D eigenvalue weighted by molar-refractivity contribution is 7.89. The summed E-state index contributed by atoms with van der Waals surface area (Å²) in [6.07, 6.45) is 2.43. The van der Waals surface area contributed by atoms with E-state index in [-0.39, 0.29) is 43.3 Å². The molecule has 0 spiro atoms. The quantitative estimate of drug-likeness (QED) is 0.0971. The molecule has 3 fully saturated rings. The van der Waals surface area contributed by atoms with Gasteiger partial charge in [-0.2, -0.15) is 9.40 Å². The minimum absolute atomic E-state index is 0.0561. The van der Waals surface area contributed by atoms with Gasteiger partial charge in [0.05, 0.1) is 40.8 Å². The Labute approximate surface area is 338 Å². The van der Waals surface area contributed by atoms with Crippen molar-refractivity contribution in [1.82, 2.24) is 23.9 Å². The number of carbonyl (C=O) groups is 2. The standard InChI is InChI=1S/C41H61FN6O7SSi/c1-29-24-44(25-30(2)47(29)39(50)55-40(3,4)5)36-20-34(56(51,52)46(41(6)15-16-41)28-53-17-18-57(7,8)9)21-37-35(36)23-43-48(37)33-19-32(22-42)45(26-33)38(49)54-27-31-13-11-10-12-14-31/h10-14,20-21,23,29-30,32-33H,15-19,22,24-28H2,1-9H3/t29-,30-,32-,33+/m0/s1. The Morgan fingerprint density at radius 1 is 1.02 bits per heavy atom. The zero-order chi connectivity index (χ0) is 41.5. The van der Waals surface area contributed by atoms with Gasteiger partial charge in [-0.3, -0.25) is 9.58 Å². The lowest BCUT2D eigenvalue weighted by Crippen LogP contribution is -2.59. The van der Waals surface area contributed by atoms with E-state index in [4.69, 9.17) is 19.3 Å². The van der Waals surface area contributed by atoms with Gasteiger partial charge in [-0.25, -0.2) is 22.4 Å². The summed E-state index contributed by atoms with van der Waals surface area (Å²) in [6, 6.07) is 11.9. The predicted molar refractivity (Wildman–Crippen MR) is 221 cm³/mol. The van der Waals surface area contributed by atoms with Gasteiger partial charge in [0.1, 0.15) is 25.6 Å². The molecule has 4 atom stereocenters. The number of nitrogens with zero attached hydrogens (tertiary/aromatic N) is 6. The van der Waals surface area contributed by atoms with Crippen LogP contribution in [0, 0.1) is 0 Å². The summed E-state index contributed by atoms with van der Waals surface area (Å²) >= 11 is 0. The van der Waals surface area contributed by atoms with Crippen molar-refractivity contribution in [3.63, 3.8) is 0 Å². The average Bonchev–Trinajstić information content (AvgIpc) is 3.50. The van der Waals surface area contributed by atoms with Crippen LogP contribution in [0.3, 0.4) is 0 Å². The first-order valence-corrected chi connectivity index (χ1v) is 25.3. The van der Waals surface area contributed by atoms with Crippen LogP contribution < -0.4 is 4.90 Å². The maximum atomic E-state index is 14.9. The average molecular weight is 829 g/mol. The molecule has 0 unspecified atom stereocenters. The van der Waals surface area contributed by atoms with Crippen LogP contribution in [0.4, 0.5) is 19.7 Å². The van der Waals surface area contributed by atoms with Gasteiger partial charge in [-0.1, -0.05) is 50.0 Å². The van der Waals surface area contributed by atoms with E-state index in [1.165, 1.54) is 9.21 Å². The molecule has 3 heterocycles. The topological polar surface area (TPSA) is 127 Å². The number of sulfonamides is 1. The zero-order valence-electron chi connectivity index (χ0n) is 35.0. The highest BCUT2D eigenvalue weighted by Gasteiger charge is 2.50. The molecule has 0 radical (unpaired) electrons. The Kier molecular flexibility index (Phi) is 12.4. The maximum absolute atomic E-state index is 14.9. The fourth-order valence-electron chi connectivity index (χ4n) is 7.84. The Bertz CT molecular complexity index is 2000. The van der Waals surface area contributed by atoms with E-state index in [2.05, 4.69) is 24.5 Å². The third-order valence-corrected chi connectivity index (χ3v) is 14.9. The minimum atomic E-state index is -4.11. The number of fused-ring (bicyclic) bond motifs is 1. The number of carbonyl (C=O) groups excluding carboxylic acids is 2. The molecule has 3 aliphatic rings. The SMILES string of the molecule is C[C@H]1CN(c2cc(S(=O)(=O)N(COCC[Si](C)(C)C)C3(C)CC3)cc3c2cnn3[C@@H]2C[C@@H](CF)N(C(=O)OCc3ccccc3)C2)C[C@H](C)N1C(=O)OC(C)(C)C. The zero-order valence-corrected chi connectivity index (χ0v) is 36.9. The van der Waals surface area contributed by atoms with Crippen LogP contribution in [0.5, 0.6) is 0 Å². The lowest BCUT2D eigenvalue weighted by molar-refractivity contribution is 0.00566. The number of halogens is 1. The monoisotopic (exact) mass is 828 g/mol. The fourth-order valence-corrected chi connectivity index (χ4v) is 10.3. The molecule has 13 nitrogen and oxygen atoms in total. The number of rotatable bonds is 13. The van der Waals surface area contributed by atoms with Crippen molar-refractivity contribution < 1.29 is 36.6 Å². The molecule has 2 amide bonds. The smallest absolute Gasteiger partial charge is 0.410 e. The number of piperazine rings is 1. The number of amides is 2. The van der Waals surface area contributed by atoms with Gasteiger partial charge >= 0.3 is 12.2 Å². The highest BCUT2D eigenvalue weighted by Crippen LogP contribution is 2.45. The van der Waals surface area contributed by atoms with Gasteiger partial charge in [-0.15, -0.1) is 0 Å². The molecule has 6 rings (SSSR count). The molecule has 16 heteroatoms. The number of hydrogen-bond acceptors (Lipinski definition) is 9. The molecule has 0 bridgehead atoms. The number of alkyl halides is 1. The van der Waals surface area contributed by atoms with Gasteiger partial charge < -0.3 is 24.0 Å². The van der Waals surface area contributed by atoms with Crippen molar-refractivity contribution in [2.45, 2.75) is 133 Å². The molecule has 57 heavy (non-hydrogen) atoms. The van der Waals surface area contributed by atoms with Gasteiger partial charge in [-0.05, 0) is 84.5 Å². The maximum Gasteiger partial charge on any atom is 0.410 e. The van der Waals surface area contributed by atoms with Crippen molar-refractivity contribution in [3.05, 3.63) is 54.2 Å². The van der Waals surface area contributed by atoms with Crippen LogP contribution in [0.1, 0.15) is 72.4 Å². The van der Waals surface area contributed by atoms with Crippen LogP contribution in [0.25, 0.3) is 10.9 Å². The van der Waals surface area contributed by atoms with Crippen molar-refractivity contribution in [2.24, 2.45) is 0 Å². The van der Waals surface area contributed by atoms with Crippen molar-refractivity contribution >= 4 is 46.9 Å². The molecular weight excluding hydrogens is 768 g/mol. The third-order valence-electron chi connectivity index (χ3n) is 11.3. The second-order valence-corrected chi connectivity index (χ2v) is 26.0. The molecule has 3 aromatic rings. The molecule has 2 saturated heterocycles. The Morgan fingerprint density at radius 3 is 2.28 bits per heavy atom. The minimum Gasteiger partial charge on any atom is -0.445 e. The van der Waals surface area contributed by atoms with Crippen molar-refractivity contribution in [3.8, 4) is 0 Å². The lowest BCUT2D eigenvalue weighted by atomic mass is 10.1. The van der Waals surface area contributed by atoms with E-state index in [1.807, 2.05) is 71.9 Å². The number of likely N-dealkylation sites (tertiary alicyclic amines) is 1. The van der Waals surface area contributed by atoms with E-state index in [9.17, 15) is 22.4 Å². The molecule has 2 aliphatic heterocycles. The first-order chi connectivity index (χ1) is 26.7. The van der Waals surface area contributed by atoms with Gasteiger partial charge in [0.25, 0.3) is 0 Å². The summed E-state index contributed by atoms with van der Waals surface area (Å²) in [5, 5.41) is 5.52. The van der Waals surface area contributed by atoms with E-state index in [0.29, 0.717) is 30.9 Å². The first-order valence-electron chi connectivity index (χ1n) is 20.1. The molecular formula is C41H61FN6O7SSi. The van der Waals surface area contributed by atoms with E-state index in [0.717, 1.165) is 29.8 Å². The Morgan fingerprint density at radius 2 is 1.68 bits per heavy atom. The Balaban J connectivity index is 1.36. The lowest BCUT2D eigenvalue weighted by Gasteiger charge is -2.45. The molecule has 314 valence electrons. The first kappa shape index (κ1) is 42.9. The van der Waals surface area contributed by atoms with Crippen molar-refractivity contribution in [2.75, 3.05) is 44.5 Å². The second-order valence-electron chi connectivity index (χ2n) is 18.5. The predicted octanol–water partition coefficient (Wildman–Crippen LogP) is 7.65. The summed E-state index contributed by atoms with van der Waals surface area (Å²) in [6.45, 7) is 18.9. The molecule has 0 N–H and O–H groups in total.